The van der Waals surface area contributed by atoms with Crippen LogP contribution in [0.2, 0.25) is 0 Å². The molecule has 0 spiro atoms. The second-order valence-electron chi connectivity index (χ2n) is 18.5. The van der Waals surface area contributed by atoms with Crippen LogP contribution in [0.3, 0.4) is 0 Å². The van der Waals surface area contributed by atoms with E-state index < -0.39 is 40.7 Å². The van der Waals surface area contributed by atoms with Crippen molar-refractivity contribution < 1.29 is 48.1 Å². The number of amides is 1. The predicted octanol–water partition coefficient (Wildman–Crippen LogP) is 9.92. The minimum atomic E-state index is -1.58. The van der Waals surface area contributed by atoms with Crippen LogP contribution >= 0.6 is 0 Å². The van der Waals surface area contributed by atoms with Crippen molar-refractivity contribution in [2.45, 2.75) is 108 Å². The predicted molar refractivity (Wildman–Crippen MR) is 262 cm³/mol. The molecule has 7 unspecified atom stereocenters. The third-order valence-corrected chi connectivity index (χ3v) is 13.8. The topological polar surface area (TPSA) is 175 Å². The summed E-state index contributed by atoms with van der Waals surface area (Å²) >= 11 is 0. The molecule has 14 nitrogen and oxygen atoms in total. The zero-order chi connectivity index (χ0) is 49.0. The summed E-state index contributed by atoms with van der Waals surface area (Å²) in [4.78, 5) is 38.8. The summed E-state index contributed by atoms with van der Waals surface area (Å²) in [6.45, 7) is 6.95. The van der Waals surface area contributed by atoms with Gasteiger partial charge in [0.05, 0.1) is 35.5 Å². The number of aliphatic hydroxyl groups excluding tert-OH is 2. The Kier molecular flexibility index (Phi) is 16.9. The van der Waals surface area contributed by atoms with E-state index in [0.717, 1.165) is 61.0 Å². The molecule has 370 valence electrons. The highest BCUT2D eigenvalue weighted by molar-refractivity contribution is 6.03. The number of aromatic nitrogens is 1. The molecule has 8 rings (SSSR count). The maximum absolute atomic E-state index is 15.2. The van der Waals surface area contributed by atoms with Crippen molar-refractivity contribution >= 4 is 23.4 Å². The fraction of sp³-hybridized carbons (Fsp3) is 0.436. The number of hydrogen-bond donors (Lipinski definition) is 2. The van der Waals surface area contributed by atoms with Gasteiger partial charge in [-0.05, 0) is 135 Å². The summed E-state index contributed by atoms with van der Waals surface area (Å²) in [5, 5.41) is 36.5. The molecular weight excluding hydrogens is 896 g/mol. The number of carbonyl (C=O) groups is 1. The third-order valence-electron chi connectivity index (χ3n) is 13.8. The van der Waals surface area contributed by atoms with E-state index in [0.29, 0.717) is 54.2 Å². The average Bonchev–Trinajstić information content (AvgIpc) is 3.37. The van der Waals surface area contributed by atoms with Crippen molar-refractivity contribution in [1.82, 2.24) is 9.88 Å². The molecule has 2 aliphatic carbocycles. The van der Waals surface area contributed by atoms with Crippen LogP contribution in [0, 0.1) is 40.6 Å². The average molecular weight is 959 g/mol. The number of carbonyl (C=O) groups excluding carboxylic acids is 1. The van der Waals surface area contributed by atoms with Gasteiger partial charge in [-0.15, -0.1) is 6.58 Å². The number of oxime groups is 1. The summed E-state index contributed by atoms with van der Waals surface area (Å²) in [5.41, 5.74) is 5.18. The number of pyridine rings is 1. The van der Waals surface area contributed by atoms with Crippen LogP contribution in [0.15, 0.2) is 120 Å². The Bertz CT molecular complexity index is 2530. The normalized spacial score (nSPS) is 24.2. The van der Waals surface area contributed by atoms with Gasteiger partial charge in [-0.2, -0.15) is 0 Å². The van der Waals surface area contributed by atoms with E-state index >= 15 is 4.79 Å². The molecular formula is C55H63FN4O10. The lowest BCUT2D eigenvalue weighted by Crippen LogP contribution is -2.70. The Morgan fingerprint density at radius 3 is 2.53 bits per heavy atom. The number of rotatable bonds is 22. The van der Waals surface area contributed by atoms with Crippen molar-refractivity contribution in [2.24, 2.45) is 22.9 Å². The fourth-order valence-electron chi connectivity index (χ4n) is 10.6. The fourth-order valence-corrected chi connectivity index (χ4v) is 10.6. The molecule has 1 amide bonds. The standard InChI is InChI=1S/C55H63FN4O10/c1-3-30-68-55-50(59(35-39-16-21-41(56)22-17-39)51(63)27-20-38-18-23-43(24-19-38)60(64)65)34-48(58-70-52-15-6-9-31-66-52)46-32-40(12-4-7-28-61)45(14-5-8-29-62)53(54(46)55)47-33-44(25-26-49(47)69-55)67-36-42-13-10-11-37(2)57-42/h3,10-11,13,16-27,32-33,40,45,50,52-54,61-62H,1,4-9,12,14-15,28-31,34-36H2,2H3. The molecule has 2 N–H and O–H groups in total. The van der Waals surface area contributed by atoms with Crippen LogP contribution in [-0.4, -0.2) is 81.2 Å². The number of ether oxygens (including phenoxy) is 4. The summed E-state index contributed by atoms with van der Waals surface area (Å²) in [6, 6.07) is 22.6. The van der Waals surface area contributed by atoms with Crippen molar-refractivity contribution in [3.8, 4) is 11.5 Å². The van der Waals surface area contributed by atoms with Gasteiger partial charge in [0.15, 0.2) is 0 Å². The largest absolute Gasteiger partial charge is 0.487 e. The molecule has 4 aromatic rings. The van der Waals surface area contributed by atoms with Gasteiger partial charge in [-0.25, -0.2) is 4.39 Å². The summed E-state index contributed by atoms with van der Waals surface area (Å²) in [6.07, 6.45) is 13.3. The van der Waals surface area contributed by atoms with Crippen molar-refractivity contribution in [1.29, 1.82) is 0 Å². The molecule has 4 aliphatic rings. The first kappa shape index (κ1) is 50.1. The lowest BCUT2D eigenvalue weighted by Gasteiger charge is -2.60. The number of aryl methyl sites for hydroxylation is 1. The summed E-state index contributed by atoms with van der Waals surface area (Å²) in [7, 11) is 0. The first-order chi connectivity index (χ1) is 34.1. The highest BCUT2D eigenvalue weighted by atomic mass is 19.1. The molecule has 3 aromatic carbocycles. The van der Waals surface area contributed by atoms with Crippen LogP contribution in [0.25, 0.3) is 6.08 Å². The highest BCUT2D eigenvalue weighted by Crippen LogP contribution is 2.62. The van der Waals surface area contributed by atoms with E-state index in [1.807, 2.05) is 43.3 Å². The van der Waals surface area contributed by atoms with E-state index in [1.165, 1.54) is 30.3 Å². The Morgan fingerprint density at radius 1 is 1.03 bits per heavy atom. The van der Waals surface area contributed by atoms with Gasteiger partial charge in [0.1, 0.15) is 30.0 Å². The van der Waals surface area contributed by atoms with Crippen LogP contribution < -0.4 is 9.47 Å². The Morgan fingerprint density at radius 2 is 1.81 bits per heavy atom. The second kappa shape index (κ2) is 23.6. The summed E-state index contributed by atoms with van der Waals surface area (Å²) in [5.74, 6) is -2.19. The van der Waals surface area contributed by atoms with Crippen LogP contribution in [-0.2, 0) is 32.3 Å². The monoisotopic (exact) mass is 958 g/mol. The van der Waals surface area contributed by atoms with E-state index in [-0.39, 0.29) is 62.8 Å². The molecule has 1 saturated heterocycles. The lowest BCUT2D eigenvalue weighted by molar-refractivity contribution is -0.384. The van der Waals surface area contributed by atoms with Crippen LogP contribution in [0.5, 0.6) is 11.5 Å². The van der Waals surface area contributed by atoms with E-state index in [1.54, 1.807) is 41.3 Å². The zero-order valence-corrected chi connectivity index (χ0v) is 39.7. The quantitative estimate of drug-likeness (QED) is 0.0252. The molecule has 70 heavy (non-hydrogen) atoms. The zero-order valence-electron chi connectivity index (χ0n) is 39.7. The maximum Gasteiger partial charge on any atom is 0.269 e. The van der Waals surface area contributed by atoms with Gasteiger partial charge >= 0.3 is 0 Å². The number of hydrogen-bond acceptors (Lipinski definition) is 12. The molecule has 2 aliphatic heterocycles. The number of nitrogens with zero attached hydrogens (tertiary/aromatic N) is 4. The first-order valence-electron chi connectivity index (χ1n) is 24.5. The number of allylic oxidation sites excluding steroid dienone is 1. The lowest BCUT2D eigenvalue weighted by atomic mass is 9.55. The van der Waals surface area contributed by atoms with Crippen molar-refractivity contribution in [2.75, 3.05) is 26.4 Å². The smallest absolute Gasteiger partial charge is 0.269 e. The minimum Gasteiger partial charge on any atom is -0.487 e. The van der Waals surface area contributed by atoms with Gasteiger partial charge in [0.2, 0.25) is 18.0 Å². The Labute approximate surface area is 408 Å². The van der Waals surface area contributed by atoms with Gasteiger partial charge in [-0.1, -0.05) is 48.3 Å². The van der Waals surface area contributed by atoms with Gasteiger partial charge < -0.3 is 38.9 Å². The van der Waals surface area contributed by atoms with Gasteiger partial charge in [0.25, 0.3) is 5.69 Å². The van der Waals surface area contributed by atoms with Gasteiger partial charge in [0, 0.05) is 68.0 Å². The number of non-ortho nitro benzene ring substituents is 1. The van der Waals surface area contributed by atoms with Crippen LogP contribution in [0.4, 0.5) is 10.1 Å². The molecule has 1 aromatic heterocycles. The second-order valence-corrected chi connectivity index (χ2v) is 18.5. The van der Waals surface area contributed by atoms with E-state index in [4.69, 9.17) is 28.9 Å². The number of benzene rings is 3. The Balaban J connectivity index is 1.32. The number of aliphatic hydroxyl groups is 2. The molecule has 7 atom stereocenters. The molecule has 0 radical (unpaired) electrons. The molecule has 2 fully saturated rings. The highest BCUT2D eigenvalue weighted by Gasteiger charge is 2.65. The summed E-state index contributed by atoms with van der Waals surface area (Å²) < 4.78 is 41.6. The molecule has 3 heterocycles. The minimum absolute atomic E-state index is 0.000114. The number of fused-ring (bicyclic) bond motifs is 2. The van der Waals surface area contributed by atoms with Crippen molar-refractivity contribution in [3.05, 3.63) is 159 Å². The first-order valence-corrected chi connectivity index (χ1v) is 24.5. The Hall–Kier alpha value is -6.26. The molecule has 0 bridgehead atoms. The van der Waals surface area contributed by atoms with E-state index in [9.17, 15) is 24.7 Å². The number of nitro benzene ring substituents is 1. The van der Waals surface area contributed by atoms with Crippen molar-refractivity contribution in [3.63, 3.8) is 0 Å². The van der Waals surface area contributed by atoms with Crippen LogP contribution in [0.1, 0.15) is 98.2 Å². The third kappa shape index (κ3) is 11.7. The number of unbranched alkanes of at least 4 members (excludes halogenated alkanes) is 2. The SMILES string of the molecule is C=CCOC12Oc3ccc(OCc4cccc(C)n4)cc3C3C(CCCCO)C(CCCCO)C=C(C(=NOC4CCCCO4)CC1N(Cc1ccc(F)cc1)C(=O)C=Cc1ccc([N+](=O)[O-])cc1)C32. The molecule has 1 saturated carbocycles. The maximum atomic E-state index is 15.2. The molecule has 15 heteroatoms. The van der Waals surface area contributed by atoms with E-state index in [2.05, 4.69) is 17.6 Å². The number of nitro groups is 1. The number of halogens is 1. The van der Waals surface area contributed by atoms with Gasteiger partial charge in [-0.3, -0.25) is 19.9 Å².